The number of rotatable bonds is 5. The van der Waals surface area contributed by atoms with Gasteiger partial charge in [-0.3, -0.25) is 4.79 Å². The van der Waals surface area contributed by atoms with Crippen LogP contribution in [0.15, 0.2) is 24.3 Å². The highest BCUT2D eigenvalue weighted by molar-refractivity contribution is 7.18. The van der Waals surface area contributed by atoms with Crippen molar-refractivity contribution in [2.24, 2.45) is 0 Å². The number of benzene rings is 1. The van der Waals surface area contributed by atoms with Gasteiger partial charge in [-0.15, -0.1) is 11.3 Å². The highest BCUT2D eigenvalue weighted by Gasteiger charge is 2.27. The molecule has 0 amide bonds. The molecular formula is C23H33NO5S. The zero-order chi connectivity index (χ0) is 23.1. The molecule has 0 aliphatic heterocycles. The summed E-state index contributed by atoms with van der Waals surface area (Å²) in [4.78, 5) is 24.4. The number of hydrogen-bond acceptors (Lipinski definition) is 7. The Labute approximate surface area is 183 Å². The second-order valence-electron chi connectivity index (χ2n) is 8.64. The van der Waals surface area contributed by atoms with E-state index < -0.39 is 11.6 Å². The fraction of sp³-hybridized carbons (Fsp3) is 0.478. The van der Waals surface area contributed by atoms with Gasteiger partial charge in [-0.25, -0.2) is 4.79 Å². The molecule has 0 fully saturated rings. The first-order valence-corrected chi connectivity index (χ1v) is 10.4. The van der Waals surface area contributed by atoms with Crippen LogP contribution >= 0.6 is 11.3 Å². The minimum Gasteiger partial charge on any atom is -0.484 e. The maximum absolute atomic E-state index is 12.5. The summed E-state index contributed by atoms with van der Waals surface area (Å²) >= 11 is 1.28. The van der Waals surface area contributed by atoms with Gasteiger partial charge < -0.3 is 19.9 Å². The third kappa shape index (κ3) is 8.16. The molecule has 1 aromatic heterocycles. The van der Waals surface area contributed by atoms with Crippen molar-refractivity contribution in [3.05, 3.63) is 34.7 Å². The van der Waals surface area contributed by atoms with Gasteiger partial charge >= 0.3 is 5.97 Å². The van der Waals surface area contributed by atoms with Gasteiger partial charge in [0.2, 0.25) is 0 Å². The lowest BCUT2D eigenvalue weighted by Crippen LogP contribution is -2.23. The normalized spacial score (nSPS) is 11.3. The van der Waals surface area contributed by atoms with Gasteiger partial charge in [0.1, 0.15) is 18.0 Å². The fourth-order valence-electron chi connectivity index (χ4n) is 2.20. The number of carbonyl (C=O) groups excluding carboxylic acids is 2. The Kier molecular flexibility index (Phi) is 9.06. The van der Waals surface area contributed by atoms with E-state index in [4.69, 9.17) is 19.9 Å². The predicted molar refractivity (Wildman–Crippen MR) is 122 cm³/mol. The van der Waals surface area contributed by atoms with Gasteiger partial charge in [0.05, 0.1) is 5.60 Å². The summed E-state index contributed by atoms with van der Waals surface area (Å²) in [5.41, 5.74) is 7.59. The maximum atomic E-state index is 12.5. The topological polar surface area (TPSA) is 87.8 Å². The van der Waals surface area contributed by atoms with Gasteiger partial charge in [0, 0.05) is 23.2 Å². The van der Waals surface area contributed by atoms with E-state index in [9.17, 15) is 9.59 Å². The van der Waals surface area contributed by atoms with Crippen LogP contribution in [0.1, 0.15) is 56.8 Å². The molecule has 0 aliphatic carbocycles. The van der Waals surface area contributed by atoms with Crippen LogP contribution in [-0.2, 0) is 14.3 Å². The zero-order valence-corrected chi connectivity index (χ0v) is 19.9. The molecule has 0 atom stereocenters. The van der Waals surface area contributed by atoms with Gasteiger partial charge in [0.25, 0.3) is 0 Å². The van der Waals surface area contributed by atoms with E-state index in [0.29, 0.717) is 22.6 Å². The van der Waals surface area contributed by atoms with Crippen molar-refractivity contribution in [2.45, 2.75) is 59.7 Å². The van der Waals surface area contributed by atoms with E-state index in [1.165, 1.54) is 11.3 Å². The van der Waals surface area contributed by atoms with Gasteiger partial charge in [-0.2, -0.15) is 0 Å². The van der Waals surface area contributed by atoms with Crippen LogP contribution in [0.5, 0.6) is 5.75 Å². The summed E-state index contributed by atoms with van der Waals surface area (Å²) < 4.78 is 15.9. The Bertz CT molecular complexity index is 859. The number of nitrogens with two attached hydrogens (primary N) is 1. The van der Waals surface area contributed by atoms with Crippen LogP contribution in [0.2, 0.25) is 0 Å². The summed E-state index contributed by atoms with van der Waals surface area (Å²) in [5.74, 6) is -0.0783. The van der Waals surface area contributed by atoms with Crippen LogP contribution in [0.4, 0.5) is 5.69 Å². The second-order valence-corrected chi connectivity index (χ2v) is 9.66. The lowest BCUT2D eigenvalue weighted by Gasteiger charge is -2.19. The Hall–Kier alpha value is -2.38. The highest BCUT2D eigenvalue weighted by atomic mass is 32.1. The van der Waals surface area contributed by atoms with Crippen LogP contribution in [0, 0.1) is 6.92 Å². The van der Waals surface area contributed by atoms with Crippen LogP contribution < -0.4 is 10.5 Å². The summed E-state index contributed by atoms with van der Waals surface area (Å²) in [6.45, 7) is 13.2. The summed E-state index contributed by atoms with van der Waals surface area (Å²) in [6.07, 6.45) is 0.649. The molecular weight excluding hydrogens is 402 g/mol. The van der Waals surface area contributed by atoms with Gasteiger partial charge in [-0.1, -0.05) is 12.1 Å². The predicted octanol–water partition coefficient (Wildman–Crippen LogP) is 5.27. The fourth-order valence-corrected chi connectivity index (χ4v) is 3.33. The molecule has 7 heteroatoms. The van der Waals surface area contributed by atoms with E-state index >= 15 is 0 Å². The molecule has 1 heterocycles. The lowest BCUT2D eigenvalue weighted by atomic mass is 10.1. The van der Waals surface area contributed by atoms with Crippen molar-refractivity contribution in [2.75, 3.05) is 19.5 Å². The molecule has 6 nitrogen and oxygen atoms in total. The van der Waals surface area contributed by atoms with Crippen LogP contribution in [0.25, 0.3) is 10.4 Å². The maximum Gasteiger partial charge on any atom is 0.352 e. The van der Waals surface area contributed by atoms with E-state index in [2.05, 4.69) is 0 Å². The quantitative estimate of drug-likeness (QED) is 0.391. The van der Waals surface area contributed by atoms with E-state index in [1.54, 1.807) is 33.9 Å². The van der Waals surface area contributed by atoms with Crippen molar-refractivity contribution in [3.8, 4) is 16.2 Å². The van der Waals surface area contributed by atoms with Crippen molar-refractivity contribution < 1.29 is 23.8 Å². The monoisotopic (exact) mass is 435 g/mol. The highest BCUT2D eigenvalue weighted by Crippen LogP contribution is 2.42. The Morgan fingerprint density at radius 1 is 1.13 bits per heavy atom. The average Bonchev–Trinajstić information content (AvgIpc) is 2.95. The molecule has 2 aromatic rings. The molecule has 1 aromatic carbocycles. The number of carbonyl (C=O) groups is 2. The Balaban J connectivity index is 0.000000656. The zero-order valence-electron chi connectivity index (χ0n) is 19.1. The molecule has 30 heavy (non-hydrogen) atoms. The minimum absolute atomic E-state index is 0.0417. The average molecular weight is 436 g/mol. The molecule has 0 spiro atoms. The summed E-state index contributed by atoms with van der Waals surface area (Å²) in [5, 5.41) is 0. The standard InChI is InChI=1S/C18H21NO4S.C5H12O/c1-11-14(22-9-8-20)16(17(21)23-18(2,3)4)24-15(11)12-6-5-7-13(19)10-12;1-5(2,3)6-4/h5-8,10H,9,19H2,1-4H3;1-4H3. The van der Waals surface area contributed by atoms with Crippen molar-refractivity contribution in [3.63, 3.8) is 0 Å². The third-order valence-electron chi connectivity index (χ3n) is 3.73. The van der Waals surface area contributed by atoms with Crippen molar-refractivity contribution >= 4 is 29.3 Å². The number of methoxy groups -OCH3 is 1. The number of thiophene rings is 1. The number of anilines is 1. The molecule has 0 aliphatic rings. The Morgan fingerprint density at radius 2 is 1.73 bits per heavy atom. The van der Waals surface area contributed by atoms with Crippen molar-refractivity contribution in [1.82, 2.24) is 0 Å². The second kappa shape index (κ2) is 10.6. The molecule has 2 N–H and O–H groups in total. The molecule has 0 bridgehead atoms. The van der Waals surface area contributed by atoms with Gasteiger partial charge in [-0.05, 0) is 66.2 Å². The molecule has 166 valence electrons. The summed E-state index contributed by atoms with van der Waals surface area (Å²) in [6, 6.07) is 7.40. The smallest absolute Gasteiger partial charge is 0.352 e. The first kappa shape index (κ1) is 25.7. The minimum atomic E-state index is -0.617. The van der Waals surface area contributed by atoms with Crippen LogP contribution in [-0.4, -0.2) is 37.2 Å². The van der Waals surface area contributed by atoms with E-state index in [0.717, 1.165) is 16.0 Å². The molecule has 0 saturated heterocycles. The SMILES string of the molecule is COC(C)(C)C.Cc1c(-c2cccc(N)c2)sc(C(=O)OC(C)(C)C)c1OCC=O. The first-order chi connectivity index (χ1) is 13.8. The number of esters is 1. The number of hydrogen-bond donors (Lipinski definition) is 1. The number of nitrogen functional groups attached to an aromatic ring is 1. The molecule has 0 radical (unpaired) electrons. The van der Waals surface area contributed by atoms with E-state index in [1.807, 2.05) is 45.9 Å². The number of ether oxygens (including phenoxy) is 3. The lowest BCUT2D eigenvalue weighted by molar-refractivity contribution is -0.109. The van der Waals surface area contributed by atoms with Crippen molar-refractivity contribution in [1.29, 1.82) is 0 Å². The molecule has 0 saturated carbocycles. The van der Waals surface area contributed by atoms with E-state index in [-0.39, 0.29) is 12.2 Å². The molecule has 2 rings (SSSR count). The Morgan fingerprint density at radius 3 is 2.20 bits per heavy atom. The third-order valence-corrected chi connectivity index (χ3v) is 5.03. The van der Waals surface area contributed by atoms with Gasteiger partial charge in [0.15, 0.2) is 11.2 Å². The largest absolute Gasteiger partial charge is 0.484 e. The first-order valence-electron chi connectivity index (χ1n) is 9.63. The van der Waals surface area contributed by atoms with Crippen LogP contribution in [0.3, 0.4) is 0 Å². The number of aldehydes is 1. The molecule has 0 unspecified atom stereocenters. The summed E-state index contributed by atoms with van der Waals surface area (Å²) in [7, 11) is 1.71.